The molecule has 0 aliphatic carbocycles. The van der Waals surface area contributed by atoms with Gasteiger partial charge in [0.1, 0.15) is 0 Å². The van der Waals surface area contributed by atoms with Crippen molar-refractivity contribution in [2.75, 3.05) is 11.5 Å². The maximum atomic E-state index is 11.4. The van der Waals surface area contributed by atoms with Crippen LogP contribution in [0.4, 0.5) is 0 Å². The predicted molar refractivity (Wildman–Crippen MR) is 56.3 cm³/mol. The molecule has 0 aliphatic rings. The molecule has 1 atom stereocenters. The third kappa shape index (κ3) is 5.95. The molecular weight excluding hydrogens is 200 g/mol. The zero-order chi connectivity index (χ0) is 11.4. The summed E-state index contributed by atoms with van der Waals surface area (Å²) >= 11 is 0. The Kier molecular flexibility index (Phi) is 4.56. The normalized spacial score (nSPS) is 14.8. The zero-order valence-electron chi connectivity index (χ0n) is 8.95. The predicted octanol–water partition coefficient (Wildman–Crippen LogP) is 0.688. The number of hydrogen-bond donors (Lipinski definition) is 1. The van der Waals surface area contributed by atoms with Gasteiger partial charge in [-0.25, -0.2) is 8.42 Å². The van der Waals surface area contributed by atoms with E-state index in [1.54, 1.807) is 20.8 Å². The first-order valence-corrected chi connectivity index (χ1v) is 6.38. The molecule has 0 heterocycles. The van der Waals surface area contributed by atoms with Crippen molar-refractivity contribution in [1.29, 1.82) is 5.26 Å². The van der Waals surface area contributed by atoms with Crippen LogP contribution in [0.2, 0.25) is 0 Å². The molecular formula is C9H18N2O2S. The monoisotopic (exact) mass is 218 g/mol. The van der Waals surface area contributed by atoms with E-state index in [0.29, 0.717) is 6.42 Å². The minimum Gasteiger partial charge on any atom is -0.327 e. The third-order valence-corrected chi connectivity index (χ3v) is 3.72. The molecule has 5 heteroatoms. The first kappa shape index (κ1) is 13.4. The molecule has 0 saturated carbocycles. The summed E-state index contributed by atoms with van der Waals surface area (Å²) < 4.78 is 22.8. The van der Waals surface area contributed by atoms with Gasteiger partial charge in [-0.3, -0.25) is 0 Å². The smallest absolute Gasteiger partial charge is 0.151 e. The van der Waals surface area contributed by atoms with Crippen LogP contribution in [0.3, 0.4) is 0 Å². The van der Waals surface area contributed by atoms with Gasteiger partial charge in [-0.05, 0) is 27.2 Å². The second kappa shape index (κ2) is 4.76. The molecule has 0 bridgehead atoms. The topological polar surface area (TPSA) is 84.0 Å². The molecule has 0 aromatic heterocycles. The number of nitrogens with zero attached hydrogens (tertiary/aromatic N) is 1. The van der Waals surface area contributed by atoms with E-state index in [2.05, 4.69) is 6.07 Å². The van der Waals surface area contributed by atoms with E-state index >= 15 is 0 Å². The summed E-state index contributed by atoms with van der Waals surface area (Å²) in [7, 11) is -3.10. The van der Waals surface area contributed by atoms with E-state index in [1.807, 2.05) is 0 Å². The zero-order valence-corrected chi connectivity index (χ0v) is 9.76. The van der Waals surface area contributed by atoms with Crippen molar-refractivity contribution in [3.05, 3.63) is 0 Å². The van der Waals surface area contributed by atoms with Gasteiger partial charge in [-0.1, -0.05) is 0 Å². The van der Waals surface area contributed by atoms with Gasteiger partial charge in [0.2, 0.25) is 0 Å². The summed E-state index contributed by atoms with van der Waals surface area (Å²) in [5.41, 5.74) is 4.83. The maximum Gasteiger partial charge on any atom is 0.151 e. The van der Waals surface area contributed by atoms with Crippen molar-refractivity contribution < 1.29 is 8.42 Å². The molecule has 0 saturated heterocycles. The number of nitrogens with two attached hydrogens (primary N) is 1. The number of hydrogen-bond acceptors (Lipinski definition) is 4. The Labute approximate surface area is 86.0 Å². The highest BCUT2D eigenvalue weighted by atomic mass is 32.2. The fourth-order valence-electron chi connectivity index (χ4n) is 0.950. The Morgan fingerprint density at radius 2 is 2.00 bits per heavy atom. The van der Waals surface area contributed by atoms with E-state index in [9.17, 15) is 8.42 Å². The van der Waals surface area contributed by atoms with Crippen LogP contribution in [0.25, 0.3) is 0 Å². The van der Waals surface area contributed by atoms with Gasteiger partial charge >= 0.3 is 0 Å². The Morgan fingerprint density at radius 3 is 2.36 bits per heavy atom. The Morgan fingerprint density at radius 1 is 1.50 bits per heavy atom. The van der Waals surface area contributed by atoms with E-state index in [0.717, 1.165) is 0 Å². The van der Waals surface area contributed by atoms with Crippen LogP contribution < -0.4 is 5.73 Å². The largest absolute Gasteiger partial charge is 0.327 e. The molecule has 0 aromatic carbocycles. The molecule has 2 N–H and O–H groups in total. The van der Waals surface area contributed by atoms with Crippen LogP contribution in [0, 0.1) is 16.7 Å². The van der Waals surface area contributed by atoms with Crippen molar-refractivity contribution in [3.63, 3.8) is 0 Å². The van der Waals surface area contributed by atoms with Crippen molar-refractivity contribution in [2.45, 2.75) is 33.2 Å². The van der Waals surface area contributed by atoms with Crippen LogP contribution in [-0.2, 0) is 9.84 Å². The number of rotatable bonds is 5. The first-order valence-electron chi connectivity index (χ1n) is 4.56. The maximum absolute atomic E-state index is 11.4. The molecule has 0 radical (unpaired) electrons. The summed E-state index contributed by atoms with van der Waals surface area (Å²) in [6, 6.07) is 1.73. The van der Waals surface area contributed by atoms with Crippen LogP contribution in [0.1, 0.15) is 27.2 Å². The fourth-order valence-corrected chi connectivity index (χ4v) is 2.74. The van der Waals surface area contributed by atoms with Crippen LogP contribution in [0.15, 0.2) is 0 Å². The molecule has 14 heavy (non-hydrogen) atoms. The molecule has 0 amide bonds. The van der Waals surface area contributed by atoms with Gasteiger partial charge < -0.3 is 5.73 Å². The molecule has 0 aromatic rings. The lowest BCUT2D eigenvalue weighted by Crippen LogP contribution is -2.29. The summed E-state index contributed by atoms with van der Waals surface area (Å²) in [6.07, 6.45) is 0.360. The van der Waals surface area contributed by atoms with Crippen molar-refractivity contribution in [2.24, 2.45) is 11.1 Å². The summed E-state index contributed by atoms with van der Waals surface area (Å²) in [4.78, 5) is 0. The number of sulfone groups is 1. The SMILES string of the molecule is CC(N)CS(=O)(=O)CCC(C)(C)C#N. The average molecular weight is 218 g/mol. The molecule has 4 nitrogen and oxygen atoms in total. The third-order valence-electron chi connectivity index (χ3n) is 1.86. The summed E-state index contributed by atoms with van der Waals surface area (Å²) in [5, 5.41) is 8.70. The van der Waals surface area contributed by atoms with Gasteiger partial charge in [0, 0.05) is 6.04 Å². The highest BCUT2D eigenvalue weighted by molar-refractivity contribution is 7.91. The van der Waals surface area contributed by atoms with E-state index in [-0.39, 0.29) is 17.5 Å². The van der Waals surface area contributed by atoms with Gasteiger partial charge in [-0.15, -0.1) is 0 Å². The standard InChI is InChI=1S/C9H18N2O2S/c1-8(11)6-14(12,13)5-4-9(2,3)7-10/h8H,4-6,11H2,1-3H3. The van der Waals surface area contributed by atoms with Crippen LogP contribution >= 0.6 is 0 Å². The summed E-state index contributed by atoms with van der Waals surface area (Å²) in [6.45, 7) is 5.12. The van der Waals surface area contributed by atoms with Crippen LogP contribution in [0.5, 0.6) is 0 Å². The Hall–Kier alpha value is -0.600. The minimum atomic E-state index is -3.10. The Balaban J connectivity index is 4.22. The molecule has 0 aliphatic heterocycles. The van der Waals surface area contributed by atoms with Gasteiger partial charge in [0.15, 0.2) is 9.84 Å². The number of nitriles is 1. The van der Waals surface area contributed by atoms with E-state index in [4.69, 9.17) is 11.0 Å². The van der Waals surface area contributed by atoms with Gasteiger partial charge in [-0.2, -0.15) is 5.26 Å². The highest BCUT2D eigenvalue weighted by Gasteiger charge is 2.21. The van der Waals surface area contributed by atoms with E-state index < -0.39 is 15.3 Å². The quantitative estimate of drug-likeness (QED) is 0.735. The highest BCUT2D eigenvalue weighted by Crippen LogP contribution is 2.19. The molecule has 0 spiro atoms. The van der Waals surface area contributed by atoms with E-state index in [1.165, 1.54) is 0 Å². The molecule has 1 unspecified atom stereocenters. The van der Waals surface area contributed by atoms with Crippen LogP contribution in [-0.4, -0.2) is 26.0 Å². The second-order valence-electron chi connectivity index (χ2n) is 4.34. The summed E-state index contributed by atoms with van der Waals surface area (Å²) in [5.74, 6) is 0.0314. The minimum absolute atomic E-state index is 0.00545. The first-order chi connectivity index (χ1) is 6.18. The van der Waals surface area contributed by atoms with Gasteiger partial charge in [0.05, 0.1) is 23.0 Å². The van der Waals surface area contributed by atoms with Crippen molar-refractivity contribution >= 4 is 9.84 Å². The lowest BCUT2D eigenvalue weighted by molar-refractivity contribution is 0.473. The van der Waals surface area contributed by atoms with Gasteiger partial charge in [0.25, 0.3) is 0 Å². The lowest BCUT2D eigenvalue weighted by atomic mass is 9.93. The average Bonchev–Trinajstić information content (AvgIpc) is 1.99. The second-order valence-corrected chi connectivity index (χ2v) is 6.57. The molecule has 0 fully saturated rings. The molecule has 0 rings (SSSR count). The van der Waals surface area contributed by atoms with Crippen molar-refractivity contribution in [3.8, 4) is 6.07 Å². The molecule has 82 valence electrons. The lowest BCUT2D eigenvalue weighted by Gasteiger charge is -2.15. The Bertz CT molecular complexity index is 312. The fraction of sp³-hybridized carbons (Fsp3) is 0.889. The van der Waals surface area contributed by atoms with Crippen molar-refractivity contribution in [1.82, 2.24) is 0 Å².